The van der Waals surface area contributed by atoms with Gasteiger partial charge in [-0.15, -0.1) is 12.6 Å². The number of hydrazine groups is 1. The van der Waals surface area contributed by atoms with Gasteiger partial charge in [0.15, 0.2) is 5.82 Å². The first-order chi connectivity index (χ1) is 15.3. The number of nitrogens with zero attached hydrogens (tertiary/aromatic N) is 4. The molecule has 2 aliphatic rings. The van der Waals surface area contributed by atoms with Crippen LogP contribution in [-0.2, 0) is 4.74 Å². The van der Waals surface area contributed by atoms with Crippen LogP contribution >= 0.6 is 12.6 Å². The van der Waals surface area contributed by atoms with Gasteiger partial charge in [0.05, 0.1) is 35.5 Å². The van der Waals surface area contributed by atoms with Gasteiger partial charge in [-0.05, 0) is 25.5 Å². The van der Waals surface area contributed by atoms with E-state index >= 15 is 0 Å². The summed E-state index contributed by atoms with van der Waals surface area (Å²) in [7, 11) is 0. The number of rotatable bonds is 3. The van der Waals surface area contributed by atoms with Crippen LogP contribution in [0, 0.1) is 0 Å². The molecule has 1 saturated heterocycles. The average molecular weight is 438 g/mol. The predicted molar refractivity (Wildman–Crippen MR) is 127 cm³/mol. The Morgan fingerprint density at radius 3 is 2.74 bits per heavy atom. The van der Waals surface area contributed by atoms with Crippen LogP contribution in [0.3, 0.4) is 0 Å². The zero-order chi connectivity index (χ0) is 21.5. The molecule has 31 heavy (non-hydrogen) atoms. The van der Waals surface area contributed by atoms with Crippen LogP contribution in [-0.4, -0.2) is 53.0 Å². The molecule has 0 saturated carbocycles. The summed E-state index contributed by atoms with van der Waals surface area (Å²) < 4.78 is 5.46. The summed E-state index contributed by atoms with van der Waals surface area (Å²) in [5.74, 6) is 1.53. The molecular formula is C22H27N7OS. The van der Waals surface area contributed by atoms with E-state index in [1.54, 1.807) is 0 Å². The molecule has 0 bridgehead atoms. The van der Waals surface area contributed by atoms with E-state index in [4.69, 9.17) is 27.3 Å². The van der Waals surface area contributed by atoms with Crippen molar-refractivity contribution in [2.75, 3.05) is 37.7 Å². The number of thiol groups is 1. The minimum Gasteiger partial charge on any atom is -0.378 e. The number of aromatic nitrogens is 4. The molecule has 2 aromatic heterocycles. The first-order valence-corrected chi connectivity index (χ1v) is 10.8. The molecule has 1 aromatic carbocycles. The van der Waals surface area contributed by atoms with Gasteiger partial charge in [-0.2, -0.15) is 5.10 Å². The third kappa shape index (κ3) is 5.07. The molecule has 0 aliphatic carbocycles. The Morgan fingerprint density at radius 1 is 1.19 bits per heavy atom. The van der Waals surface area contributed by atoms with Crippen molar-refractivity contribution in [3.63, 3.8) is 0 Å². The molecule has 162 valence electrons. The SMILES string of the molecule is C/C=C/c1nc(-c2cccc3[nH]ncc23)nc(N2CCOCC2)c1S.C1=CNNCC1. The second-order valence-corrected chi connectivity index (χ2v) is 7.55. The van der Waals surface area contributed by atoms with Crippen molar-refractivity contribution >= 4 is 35.4 Å². The van der Waals surface area contributed by atoms with Crippen LogP contribution in [0.25, 0.3) is 28.4 Å². The van der Waals surface area contributed by atoms with E-state index in [9.17, 15) is 0 Å². The van der Waals surface area contributed by atoms with E-state index in [0.29, 0.717) is 19.0 Å². The highest BCUT2D eigenvalue weighted by Gasteiger charge is 2.20. The van der Waals surface area contributed by atoms with Crippen molar-refractivity contribution in [2.24, 2.45) is 0 Å². The predicted octanol–water partition coefficient (Wildman–Crippen LogP) is 3.18. The van der Waals surface area contributed by atoms with Gasteiger partial charge in [0.1, 0.15) is 5.82 Å². The molecule has 2 aliphatic heterocycles. The summed E-state index contributed by atoms with van der Waals surface area (Å²) >= 11 is 4.70. The van der Waals surface area contributed by atoms with Crippen LogP contribution in [0.15, 0.2) is 47.6 Å². The number of anilines is 1. The number of ether oxygens (including phenoxy) is 1. The topological polar surface area (TPSA) is 91.0 Å². The third-order valence-electron chi connectivity index (χ3n) is 4.99. The van der Waals surface area contributed by atoms with Crippen LogP contribution in [0.2, 0.25) is 0 Å². The first-order valence-electron chi connectivity index (χ1n) is 10.4. The molecule has 8 nitrogen and oxygen atoms in total. The lowest BCUT2D eigenvalue weighted by Crippen LogP contribution is -2.37. The van der Waals surface area contributed by atoms with Gasteiger partial charge in [0.25, 0.3) is 0 Å². The molecule has 0 amide bonds. The highest BCUT2D eigenvalue weighted by atomic mass is 32.1. The van der Waals surface area contributed by atoms with Crippen molar-refractivity contribution in [3.05, 3.63) is 48.4 Å². The van der Waals surface area contributed by atoms with E-state index in [1.807, 2.05) is 49.7 Å². The van der Waals surface area contributed by atoms with E-state index < -0.39 is 0 Å². The Kier molecular flexibility index (Phi) is 7.18. The Balaban J connectivity index is 0.000000334. The lowest BCUT2D eigenvalue weighted by atomic mass is 10.1. The largest absolute Gasteiger partial charge is 0.378 e. The summed E-state index contributed by atoms with van der Waals surface area (Å²) in [6.45, 7) is 6.02. The number of morpholine rings is 1. The standard InChI is InChI=1S/C18H19N5OS.C4H8N2/c1-2-4-15-16(25)18(23-7-9-24-10-8-23)21-17(20-15)12-5-3-6-14-13(12)11-19-22-14;1-2-4-6-5-3-1/h2-6,11,25H,7-10H2,1H3,(H,19,22);1,3,5-6H,2,4H2/b4-2+;. The van der Waals surface area contributed by atoms with Crippen molar-refractivity contribution < 1.29 is 4.74 Å². The number of hydrogen-bond donors (Lipinski definition) is 4. The van der Waals surface area contributed by atoms with E-state index in [-0.39, 0.29) is 0 Å². The minimum absolute atomic E-state index is 0.680. The second kappa shape index (κ2) is 10.4. The molecule has 0 unspecified atom stereocenters. The van der Waals surface area contributed by atoms with Crippen molar-refractivity contribution in [1.29, 1.82) is 0 Å². The molecular weight excluding hydrogens is 410 g/mol. The number of hydrogen-bond acceptors (Lipinski definition) is 8. The monoisotopic (exact) mass is 437 g/mol. The molecule has 0 spiro atoms. The molecule has 0 radical (unpaired) electrons. The van der Waals surface area contributed by atoms with E-state index in [1.165, 1.54) is 0 Å². The quantitative estimate of drug-likeness (QED) is 0.468. The minimum atomic E-state index is 0.680. The number of H-pyrrole nitrogens is 1. The zero-order valence-electron chi connectivity index (χ0n) is 17.5. The molecule has 4 heterocycles. The smallest absolute Gasteiger partial charge is 0.162 e. The second-order valence-electron chi connectivity index (χ2n) is 7.10. The molecule has 5 rings (SSSR count). The summed E-state index contributed by atoms with van der Waals surface area (Å²) in [5.41, 5.74) is 8.55. The Morgan fingerprint density at radius 2 is 2.06 bits per heavy atom. The van der Waals surface area contributed by atoms with Gasteiger partial charge in [-0.1, -0.05) is 24.3 Å². The number of allylic oxidation sites excluding steroid dienone is 1. The Labute approximate surface area is 187 Å². The molecule has 0 atom stereocenters. The zero-order valence-corrected chi connectivity index (χ0v) is 18.4. The fourth-order valence-electron chi connectivity index (χ4n) is 3.44. The summed E-state index contributed by atoms with van der Waals surface area (Å²) in [5, 5.41) is 8.14. The maximum absolute atomic E-state index is 5.46. The van der Waals surface area contributed by atoms with Crippen LogP contribution < -0.4 is 15.8 Å². The number of nitrogens with one attached hydrogen (secondary N) is 3. The third-order valence-corrected chi connectivity index (χ3v) is 5.42. The van der Waals surface area contributed by atoms with Crippen LogP contribution in [0.4, 0.5) is 5.82 Å². The van der Waals surface area contributed by atoms with Crippen molar-refractivity contribution in [3.8, 4) is 11.4 Å². The van der Waals surface area contributed by atoms with Gasteiger partial charge in [-0.3, -0.25) is 5.10 Å². The Hall–Kier alpha value is -2.88. The fraction of sp³-hybridized carbons (Fsp3) is 0.318. The fourth-order valence-corrected chi connectivity index (χ4v) is 3.76. The van der Waals surface area contributed by atoms with E-state index in [0.717, 1.165) is 58.9 Å². The summed E-state index contributed by atoms with van der Waals surface area (Å²) in [4.78, 5) is 12.6. The number of aromatic amines is 1. The normalized spacial score (nSPS) is 16.3. The summed E-state index contributed by atoms with van der Waals surface area (Å²) in [6, 6.07) is 6.00. The van der Waals surface area contributed by atoms with Crippen molar-refractivity contribution in [2.45, 2.75) is 18.2 Å². The lowest BCUT2D eigenvalue weighted by molar-refractivity contribution is 0.122. The van der Waals surface area contributed by atoms with E-state index in [2.05, 4.69) is 32.0 Å². The molecule has 1 fully saturated rings. The number of fused-ring (bicyclic) bond motifs is 1. The Bertz CT molecular complexity index is 1060. The molecule has 3 aromatic rings. The maximum atomic E-state index is 5.46. The average Bonchev–Trinajstić information content (AvgIpc) is 3.32. The van der Waals surface area contributed by atoms with Crippen LogP contribution in [0.1, 0.15) is 19.0 Å². The molecule has 9 heteroatoms. The van der Waals surface area contributed by atoms with Gasteiger partial charge in [-0.25, -0.2) is 15.4 Å². The highest BCUT2D eigenvalue weighted by molar-refractivity contribution is 7.80. The summed E-state index contributed by atoms with van der Waals surface area (Å²) in [6.07, 6.45) is 10.9. The van der Waals surface area contributed by atoms with Gasteiger partial charge in [0, 0.05) is 36.8 Å². The maximum Gasteiger partial charge on any atom is 0.162 e. The molecule has 3 N–H and O–H groups in total. The van der Waals surface area contributed by atoms with Gasteiger partial charge >= 0.3 is 0 Å². The van der Waals surface area contributed by atoms with Crippen LogP contribution in [0.5, 0.6) is 0 Å². The first kappa shape index (κ1) is 21.4. The van der Waals surface area contributed by atoms with Gasteiger partial charge < -0.3 is 15.1 Å². The van der Waals surface area contributed by atoms with Gasteiger partial charge in [0.2, 0.25) is 0 Å². The number of benzene rings is 1. The lowest BCUT2D eigenvalue weighted by Gasteiger charge is -2.29. The van der Waals surface area contributed by atoms with Crippen molar-refractivity contribution in [1.82, 2.24) is 31.0 Å². The highest BCUT2D eigenvalue weighted by Crippen LogP contribution is 2.32.